The molecule has 1 atom stereocenters. The Balaban J connectivity index is 0.000000200. The lowest BCUT2D eigenvalue weighted by atomic mass is 9.80. The lowest BCUT2D eigenvalue weighted by Gasteiger charge is -2.27. The molecule has 1 N–H and O–H groups in total. The van der Waals surface area contributed by atoms with Crippen molar-refractivity contribution in [3.63, 3.8) is 0 Å². The molecule has 0 amide bonds. The molecule has 0 spiro atoms. The molecule has 66 heavy (non-hydrogen) atoms. The number of hydrogen-bond acceptors (Lipinski definition) is 16. The van der Waals surface area contributed by atoms with Crippen molar-refractivity contribution in [3.05, 3.63) is 152 Å². The Kier molecular flexibility index (Phi) is 15.7. The van der Waals surface area contributed by atoms with Crippen molar-refractivity contribution < 1.29 is 71.8 Å². The first-order valence-corrected chi connectivity index (χ1v) is 19.8. The topological polar surface area (TPSA) is 251 Å². The van der Waals surface area contributed by atoms with E-state index in [1.165, 1.54) is 51.2 Å². The van der Waals surface area contributed by atoms with Crippen molar-refractivity contribution in [2.75, 3.05) is 14.1 Å². The normalized spacial score (nSPS) is 16.5. The summed E-state index contributed by atoms with van der Waals surface area (Å²) in [5, 5.41) is 9.46. The van der Waals surface area contributed by atoms with Crippen molar-refractivity contribution in [2.24, 2.45) is 0 Å². The van der Waals surface area contributed by atoms with Gasteiger partial charge in [-0.1, -0.05) is 72.8 Å². The summed E-state index contributed by atoms with van der Waals surface area (Å²) in [7, 11) is 3.39. The molecule has 18 heteroatoms. The highest BCUT2D eigenvalue weighted by atomic mass is 35.5. The van der Waals surface area contributed by atoms with Gasteiger partial charge in [0.25, 0.3) is 5.60 Å². The van der Waals surface area contributed by atoms with E-state index in [2.05, 4.69) is 0 Å². The Morgan fingerprint density at radius 3 is 1.42 bits per heavy atom. The second kappa shape index (κ2) is 20.2. The quantitative estimate of drug-likeness (QED) is 0.0576. The lowest BCUT2D eigenvalue weighted by molar-refractivity contribution is -0.155. The summed E-state index contributed by atoms with van der Waals surface area (Å²) in [4.78, 5) is 142. The van der Waals surface area contributed by atoms with Gasteiger partial charge < -0.3 is 19.2 Å². The van der Waals surface area contributed by atoms with E-state index in [0.29, 0.717) is 16.7 Å². The number of carbonyl (C=O) groups is 12. The largest absolute Gasteiger partial charge is 0.464 e. The molecule has 2 heterocycles. The minimum Gasteiger partial charge on any atom is -0.464 e. The molecule has 0 fully saturated rings. The van der Waals surface area contributed by atoms with E-state index in [1.807, 2.05) is 0 Å². The minimum atomic E-state index is -2.22. The molecule has 1 aromatic heterocycles. The number of hydrogen-bond donors (Lipinski definition) is 1. The average molecular weight is 941 g/mol. The Labute approximate surface area is 387 Å². The second-order valence-corrected chi connectivity index (χ2v) is 15.5. The fourth-order valence-electron chi connectivity index (χ4n) is 7.00. The number of alkyl halides is 1. The van der Waals surface area contributed by atoms with Crippen LogP contribution in [0, 0.1) is 0 Å². The fraction of sp³-hybridized carbons (Fsp3) is 0.208. The number of halogens is 2. The highest BCUT2D eigenvalue weighted by molar-refractivity contribution is 6.59. The van der Waals surface area contributed by atoms with Crippen LogP contribution in [0.15, 0.2) is 106 Å². The van der Waals surface area contributed by atoms with Gasteiger partial charge in [0, 0.05) is 60.6 Å². The highest BCUT2D eigenvalue weighted by Gasteiger charge is 2.61. The summed E-state index contributed by atoms with van der Waals surface area (Å²) in [5.74, 6) is -6.43. The molecular formula is C48H39Cl2NO15. The van der Waals surface area contributed by atoms with Crippen molar-refractivity contribution in [2.45, 2.75) is 51.7 Å². The average Bonchev–Trinajstić information content (AvgIpc) is 3.87. The third kappa shape index (κ3) is 9.38. The molecule has 1 aliphatic heterocycles. The van der Waals surface area contributed by atoms with E-state index in [4.69, 9.17) is 20.8 Å². The number of ketones is 12. The number of Topliss-reactive ketones (excluding diaryl/α,β-unsaturated/α-hetero) is 10. The van der Waals surface area contributed by atoms with Gasteiger partial charge >= 0.3 is 0 Å². The lowest BCUT2D eigenvalue weighted by Crippen LogP contribution is -2.53. The van der Waals surface area contributed by atoms with Gasteiger partial charge in [0.15, 0.2) is 63.5 Å². The van der Waals surface area contributed by atoms with Crippen LogP contribution in [0.3, 0.4) is 0 Å². The van der Waals surface area contributed by atoms with Crippen LogP contribution in [0.5, 0.6) is 0 Å². The summed E-state index contributed by atoms with van der Waals surface area (Å²) in [6.07, 6.45) is -0.402. The number of rotatable bonds is 6. The van der Waals surface area contributed by atoms with Gasteiger partial charge in [0.2, 0.25) is 23.1 Å². The van der Waals surface area contributed by atoms with Gasteiger partial charge in [-0.15, -0.1) is 24.0 Å². The Bertz CT molecular complexity index is 2820. The molecule has 4 aromatic rings. The van der Waals surface area contributed by atoms with Crippen LogP contribution < -0.4 is 0 Å². The monoisotopic (exact) mass is 939 g/mol. The van der Waals surface area contributed by atoms with Gasteiger partial charge in [-0.25, -0.2) is 0 Å². The third-order valence-corrected chi connectivity index (χ3v) is 10.9. The van der Waals surface area contributed by atoms with Crippen molar-refractivity contribution in [1.29, 1.82) is 0 Å². The molecule has 0 bridgehead atoms. The van der Waals surface area contributed by atoms with Crippen LogP contribution in [0.25, 0.3) is 0 Å². The Morgan fingerprint density at radius 1 is 0.606 bits per heavy atom. The molecule has 3 aliphatic carbocycles. The summed E-state index contributed by atoms with van der Waals surface area (Å²) in [6, 6.07) is 20.3. The number of aliphatic hydroxyl groups excluding tert-OH is 1. The number of fused-ring (bicyclic) bond motifs is 4. The Morgan fingerprint density at radius 2 is 1.02 bits per heavy atom. The second-order valence-electron chi connectivity index (χ2n) is 15.0. The fourth-order valence-corrected chi connectivity index (χ4v) is 7.00. The van der Waals surface area contributed by atoms with Crippen molar-refractivity contribution in [1.82, 2.24) is 4.90 Å². The molecule has 340 valence electrons. The van der Waals surface area contributed by atoms with E-state index in [9.17, 15) is 62.6 Å². The molecule has 8 rings (SSSR count). The number of allylic oxidation sites excluding steroid dienone is 2. The van der Waals surface area contributed by atoms with Gasteiger partial charge in [-0.05, 0) is 33.8 Å². The number of furan rings is 1. The van der Waals surface area contributed by atoms with Gasteiger partial charge in [0.1, 0.15) is 11.5 Å². The highest BCUT2D eigenvalue weighted by Crippen LogP contribution is 2.42. The van der Waals surface area contributed by atoms with Crippen LogP contribution in [0.1, 0.15) is 119 Å². The molecule has 0 radical (unpaired) electrons. The van der Waals surface area contributed by atoms with E-state index in [0.717, 1.165) is 13.8 Å². The number of ether oxygens (including phenoxy) is 1. The summed E-state index contributed by atoms with van der Waals surface area (Å²) in [6.45, 7) is 6.06. The van der Waals surface area contributed by atoms with E-state index < -0.39 is 57.5 Å². The first-order chi connectivity index (χ1) is 30.5. The zero-order valence-corrected chi connectivity index (χ0v) is 37.7. The van der Waals surface area contributed by atoms with Gasteiger partial charge in [-0.3, -0.25) is 57.5 Å². The Hall–Kier alpha value is -7.40. The zero-order valence-electron chi connectivity index (χ0n) is 36.1. The molecular weight excluding hydrogens is 901 g/mol. The molecule has 1 unspecified atom stereocenters. The summed E-state index contributed by atoms with van der Waals surface area (Å²) >= 11 is 5.25. The van der Waals surface area contributed by atoms with Crippen LogP contribution in [-0.4, -0.2) is 111 Å². The van der Waals surface area contributed by atoms with E-state index in [-0.39, 0.29) is 92.0 Å². The first kappa shape index (κ1) is 51.2. The maximum absolute atomic E-state index is 12.5. The standard InChI is InChI=1S/C16H12O6.C14H8O4.C13H11NO3.C5H7ClO2.ClH/c1-7(17)16(8(2)18)15(21)11-12(19)9-5-3-4-6-10(9)13(20)14(11)22-16;1-7(15)11-6-10-12(16)8-4-2-3-5-9(8)13(17)14(10)18-11;1-14(2)7-10-11(15)8-5-3-4-6-9(8)12(16)13(10)17;1-3(7)5(6)4(2)8;/h3-6,15,21H,1-2H3;2-6H,1H3;3-7H,1-2H3;5H,1-2H3;1H/b;;10-7+;;. The van der Waals surface area contributed by atoms with Crippen LogP contribution >= 0.6 is 24.0 Å². The van der Waals surface area contributed by atoms with Crippen LogP contribution in [0.4, 0.5) is 0 Å². The predicted octanol–water partition coefficient (Wildman–Crippen LogP) is 5.16. The predicted molar refractivity (Wildman–Crippen MR) is 235 cm³/mol. The smallest absolute Gasteiger partial charge is 0.253 e. The first-order valence-electron chi connectivity index (χ1n) is 19.4. The third-order valence-electron chi connectivity index (χ3n) is 10.2. The zero-order chi connectivity index (χ0) is 48.4. The number of benzene rings is 3. The van der Waals surface area contributed by atoms with Crippen LogP contribution in [-0.2, 0) is 28.7 Å². The van der Waals surface area contributed by atoms with Crippen LogP contribution in [0.2, 0.25) is 0 Å². The molecule has 4 aliphatic rings. The van der Waals surface area contributed by atoms with Crippen molar-refractivity contribution in [3.8, 4) is 0 Å². The SMILES string of the molecule is CC(=O)C(Cl)C(C)=O.CC(=O)C1(C(C)=O)OC2=C(C(=O)c3ccccc3C2=O)C1O.CC(=O)c1cc2c(o1)C(=O)c1ccccc1C2=O.CN(C)/C=C1/C(=O)C(=O)c2ccccc2C1=O.Cl. The molecule has 3 aromatic carbocycles. The number of nitrogens with zero attached hydrogens (tertiary/aromatic N) is 1. The maximum Gasteiger partial charge on any atom is 0.253 e. The number of aliphatic hydroxyl groups is 1. The van der Waals surface area contributed by atoms with Gasteiger partial charge in [-0.2, -0.15) is 0 Å². The van der Waals surface area contributed by atoms with E-state index >= 15 is 0 Å². The van der Waals surface area contributed by atoms with E-state index in [1.54, 1.807) is 73.6 Å². The van der Waals surface area contributed by atoms with Gasteiger partial charge in [0.05, 0.1) is 16.7 Å². The summed E-state index contributed by atoms with van der Waals surface area (Å²) < 4.78 is 10.5. The molecule has 16 nitrogen and oxygen atoms in total. The molecule has 0 saturated heterocycles. The summed E-state index contributed by atoms with van der Waals surface area (Å²) in [5.41, 5.74) is -1.04. The minimum absolute atomic E-state index is 0. The molecule has 0 saturated carbocycles. The van der Waals surface area contributed by atoms with Crippen molar-refractivity contribution >= 4 is 93.4 Å². The maximum atomic E-state index is 12.5. The number of carbonyl (C=O) groups excluding carboxylic acids is 12.